The van der Waals surface area contributed by atoms with Gasteiger partial charge < -0.3 is 0 Å². The molecule has 2 aromatic rings. The number of hydrogen-bond donors (Lipinski definition) is 0. The lowest BCUT2D eigenvalue weighted by Gasteiger charge is -1.95. The summed E-state index contributed by atoms with van der Waals surface area (Å²) >= 11 is 11.1. The van der Waals surface area contributed by atoms with E-state index in [2.05, 4.69) is 22.0 Å². The van der Waals surface area contributed by atoms with Gasteiger partial charge in [-0.1, -0.05) is 11.6 Å². The van der Waals surface area contributed by atoms with Gasteiger partial charge in [0, 0.05) is 14.6 Å². The third-order valence-electron chi connectivity index (χ3n) is 1.52. The van der Waals surface area contributed by atoms with Gasteiger partial charge in [-0.2, -0.15) is 0 Å². The minimum absolute atomic E-state index is 0.809. The fraction of sp³-hybridized carbons (Fsp3) is 0. The molecular formula is C8H4BrClS. The number of benzene rings is 1. The summed E-state index contributed by atoms with van der Waals surface area (Å²) < 4.78 is 2.20. The van der Waals surface area contributed by atoms with Gasteiger partial charge in [-0.25, -0.2) is 0 Å². The Morgan fingerprint density at radius 3 is 2.91 bits per heavy atom. The minimum Gasteiger partial charge on any atom is -0.144 e. The Morgan fingerprint density at radius 2 is 2.09 bits per heavy atom. The lowest BCUT2D eigenvalue weighted by molar-refractivity contribution is 1.76. The molecule has 2 rings (SSSR count). The molecular weight excluding hydrogens is 244 g/mol. The molecule has 56 valence electrons. The fourth-order valence-electron chi connectivity index (χ4n) is 0.982. The van der Waals surface area contributed by atoms with Gasteiger partial charge in [-0.05, 0) is 39.5 Å². The summed E-state index contributed by atoms with van der Waals surface area (Å²) in [6.07, 6.45) is 0. The highest BCUT2D eigenvalue weighted by molar-refractivity contribution is 9.10. The molecule has 0 unspecified atom stereocenters. The molecule has 0 radical (unpaired) electrons. The molecule has 0 fully saturated rings. The predicted molar refractivity (Wildman–Crippen MR) is 54.5 cm³/mol. The van der Waals surface area contributed by atoms with Crippen LogP contribution in [0.2, 0.25) is 5.02 Å². The van der Waals surface area contributed by atoms with Crippen LogP contribution < -0.4 is 0 Å². The first-order valence-electron chi connectivity index (χ1n) is 3.10. The van der Waals surface area contributed by atoms with E-state index >= 15 is 0 Å². The van der Waals surface area contributed by atoms with Crippen LogP contribution in [0.4, 0.5) is 0 Å². The Morgan fingerprint density at radius 1 is 1.27 bits per heavy atom. The topological polar surface area (TPSA) is 0 Å². The van der Waals surface area contributed by atoms with Crippen molar-refractivity contribution in [3.8, 4) is 0 Å². The maximum Gasteiger partial charge on any atom is 0.0634 e. The van der Waals surface area contributed by atoms with Crippen LogP contribution >= 0.6 is 38.9 Å². The molecule has 0 N–H and O–H groups in total. The second-order valence-corrected chi connectivity index (χ2v) is 4.37. The van der Waals surface area contributed by atoms with Gasteiger partial charge in [0.05, 0.1) is 5.02 Å². The van der Waals surface area contributed by atoms with Crippen molar-refractivity contribution in [3.63, 3.8) is 0 Å². The molecule has 0 bridgehead atoms. The third-order valence-corrected chi connectivity index (χ3v) is 3.70. The molecule has 0 aliphatic rings. The van der Waals surface area contributed by atoms with E-state index < -0.39 is 0 Å². The Labute approximate surface area is 81.9 Å². The molecule has 0 nitrogen and oxygen atoms in total. The van der Waals surface area contributed by atoms with Gasteiger partial charge >= 0.3 is 0 Å². The van der Waals surface area contributed by atoms with Crippen LogP contribution in [0.5, 0.6) is 0 Å². The average molecular weight is 248 g/mol. The Kier molecular flexibility index (Phi) is 1.91. The minimum atomic E-state index is 0.809. The van der Waals surface area contributed by atoms with Gasteiger partial charge in [0.15, 0.2) is 0 Å². The summed E-state index contributed by atoms with van der Waals surface area (Å²) in [5, 5.41) is 3.98. The van der Waals surface area contributed by atoms with Crippen LogP contribution in [-0.2, 0) is 0 Å². The highest BCUT2D eigenvalue weighted by Crippen LogP contribution is 2.33. The molecule has 0 amide bonds. The second-order valence-electron chi connectivity index (χ2n) is 2.19. The zero-order valence-electron chi connectivity index (χ0n) is 5.47. The van der Waals surface area contributed by atoms with E-state index in [0.717, 1.165) is 14.9 Å². The van der Waals surface area contributed by atoms with Crippen LogP contribution in [0, 0.1) is 0 Å². The van der Waals surface area contributed by atoms with Crippen molar-refractivity contribution >= 4 is 49.0 Å². The van der Waals surface area contributed by atoms with Gasteiger partial charge in [-0.15, -0.1) is 11.3 Å². The van der Waals surface area contributed by atoms with E-state index in [9.17, 15) is 0 Å². The van der Waals surface area contributed by atoms with Crippen LogP contribution in [0.25, 0.3) is 10.1 Å². The van der Waals surface area contributed by atoms with Crippen molar-refractivity contribution in [2.75, 3.05) is 0 Å². The van der Waals surface area contributed by atoms with Crippen molar-refractivity contribution in [2.45, 2.75) is 0 Å². The van der Waals surface area contributed by atoms with E-state index in [1.165, 1.54) is 4.70 Å². The summed E-state index contributed by atoms with van der Waals surface area (Å²) in [6.45, 7) is 0. The molecule has 0 aliphatic heterocycles. The molecule has 1 aromatic heterocycles. The first kappa shape index (κ1) is 7.59. The summed E-state index contributed by atoms with van der Waals surface area (Å²) in [6, 6.07) is 6.07. The highest BCUT2D eigenvalue weighted by atomic mass is 79.9. The van der Waals surface area contributed by atoms with Gasteiger partial charge in [0.2, 0.25) is 0 Å². The van der Waals surface area contributed by atoms with Gasteiger partial charge in [0.25, 0.3) is 0 Å². The SMILES string of the molecule is Clc1c(Br)ccc2sccc12. The number of thiophene rings is 1. The molecule has 0 saturated heterocycles. The quantitative estimate of drug-likeness (QED) is 0.650. The smallest absolute Gasteiger partial charge is 0.0634 e. The Bertz CT molecular complexity index is 394. The lowest BCUT2D eigenvalue weighted by atomic mass is 10.3. The van der Waals surface area contributed by atoms with Crippen molar-refractivity contribution in [3.05, 3.63) is 33.1 Å². The van der Waals surface area contributed by atoms with Crippen LogP contribution in [-0.4, -0.2) is 0 Å². The van der Waals surface area contributed by atoms with E-state index in [-0.39, 0.29) is 0 Å². The van der Waals surface area contributed by atoms with Crippen LogP contribution in [0.3, 0.4) is 0 Å². The standard InChI is InChI=1S/C8H4BrClS/c9-6-1-2-7-5(8(6)10)3-4-11-7/h1-4H. The molecule has 1 heterocycles. The zero-order valence-corrected chi connectivity index (χ0v) is 8.63. The zero-order chi connectivity index (χ0) is 7.84. The summed E-state index contributed by atoms with van der Waals surface area (Å²) in [5.41, 5.74) is 0. The summed E-state index contributed by atoms with van der Waals surface area (Å²) in [7, 11) is 0. The Balaban J connectivity index is 2.93. The van der Waals surface area contributed by atoms with Gasteiger partial charge in [-0.3, -0.25) is 0 Å². The van der Waals surface area contributed by atoms with E-state index in [1.54, 1.807) is 11.3 Å². The Hall–Kier alpha value is -0.0500. The lowest BCUT2D eigenvalue weighted by Crippen LogP contribution is -1.68. The molecule has 0 atom stereocenters. The molecule has 3 heteroatoms. The highest BCUT2D eigenvalue weighted by Gasteiger charge is 2.02. The first-order chi connectivity index (χ1) is 5.29. The fourth-order valence-corrected chi connectivity index (χ4v) is 2.41. The average Bonchev–Trinajstić information content (AvgIpc) is 2.45. The van der Waals surface area contributed by atoms with Crippen molar-refractivity contribution in [1.82, 2.24) is 0 Å². The van der Waals surface area contributed by atoms with E-state index in [4.69, 9.17) is 11.6 Å². The molecule has 1 aromatic carbocycles. The largest absolute Gasteiger partial charge is 0.144 e. The number of fused-ring (bicyclic) bond motifs is 1. The van der Waals surface area contributed by atoms with Crippen LogP contribution in [0.1, 0.15) is 0 Å². The molecule has 11 heavy (non-hydrogen) atoms. The summed E-state index contributed by atoms with van der Waals surface area (Å²) in [5.74, 6) is 0. The number of hydrogen-bond acceptors (Lipinski definition) is 1. The van der Waals surface area contributed by atoms with Crippen molar-refractivity contribution in [1.29, 1.82) is 0 Å². The second kappa shape index (κ2) is 2.77. The number of rotatable bonds is 0. The van der Waals surface area contributed by atoms with Crippen molar-refractivity contribution in [2.24, 2.45) is 0 Å². The maximum atomic E-state index is 6.03. The van der Waals surface area contributed by atoms with E-state index in [0.29, 0.717) is 0 Å². The van der Waals surface area contributed by atoms with Crippen LogP contribution in [0.15, 0.2) is 28.1 Å². The molecule has 0 saturated carbocycles. The summed E-state index contributed by atoms with van der Waals surface area (Å²) in [4.78, 5) is 0. The third kappa shape index (κ3) is 1.19. The molecule has 0 spiro atoms. The first-order valence-corrected chi connectivity index (χ1v) is 5.15. The van der Waals surface area contributed by atoms with E-state index in [1.807, 2.05) is 17.5 Å². The van der Waals surface area contributed by atoms with Gasteiger partial charge in [0.1, 0.15) is 0 Å². The van der Waals surface area contributed by atoms with Crippen molar-refractivity contribution < 1.29 is 0 Å². The number of halogens is 2. The predicted octanol–water partition coefficient (Wildman–Crippen LogP) is 4.32. The maximum absolute atomic E-state index is 6.03. The molecule has 0 aliphatic carbocycles. The normalized spacial score (nSPS) is 10.7. The monoisotopic (exact) mass is 246 g/mol.